The highest BCUT2D eigenvalue weighted by molar-refractivity contribution is 6.03. The first kappa shape index (κ1) is 34.3. The number of amides is 3. The van der Waals surface area contributed by atoms with Crippen LogP contribution in [0.3, 0.4) is 0 Å². The zero-order valence-electron chi connectivity index (χ0n) is 26.8. The van der Waals surface area contributed by atoms with Crippen LogP contribution in [0.5, 0.6) is 0 Å². The summed E-state index contributed by atoms with van der Waals surface area (Å²) in [4.78, 5) is 35.7. The molecule has 0 saturated carbocycles. The number of pyridine rings is 1. The van der Waals surface area contributed by atoms with Crippen LogP contribution >= 0.6 is 0 Å². The molecule has 5 rings (SSSR count). The number of aromatic nitrogens is 1. The first-order valence-corrected chi connectivity index (χ1v) is 15.8. The molecule has 0 spiro atoms. The molecule has 2 saturated heterocycles. The van der Waals surface area contributed by atoms with E-state index >= 15 is 0 Å². The first-order valence-electron chi connectivity index (χ1n) is 15.8. The maximum atomic E-state index is 13.9. The van der Waals surface area contributed by atoms with Gasteiger partial charge in [-0.15, -0.1) is 0 Å². The first-order chi connectivity index (χ1) is 23.0. The Balaban J connectivity index is 1.21. The molecule has 48 heavy (non-hydrogen) atoms. The second kappa shape index (κ2) is 15.2. The minimum atomic E-state index is -4.80. The van der Waals surface area contributed by atoms with Crippen LogP contribution in [0.25, 0.3) is 0 Å². The van der Waals surface area contributed by atoms with Crippen molar-refractivity contribution >= 4 is 29.1 Å². The number of carbonyl (C=O) groups is 2. The number of para-hydroxylation sites is 1. The summed E-state index contributed by atoms with van der Waals surface area (Å²) in [5.74, 6) is -1.50. The van der Waals surface area contributed by atoms with Crippen LogP contribution in [0, 0.1) is 5.82 Å². The molecule has 9 nitrogen and oxygen atoms in total. The molecule has 1 unspecified atom stereocenters. The lowest BCUT2D eigenvalue weighted by Crippen LogP contribution is -2.50. The quantitative estimate of drug-likeness (QED) is 0.151. The Hall–Kier alpha value is -5.07. The SMILES string of the molecule is CC=C(OC(C(=O)Nc1ccc(N2CCN(C(=O)Nc3ccccc3F)CC2)nc1)=C(C)C(F)(F)F)N1CCCC(c2ccccc2)C1. The largest absolute Gasteiger partial charge is 0.435 e. The van der Waals surface area contributed by atoms with E-state index in [9.17, 15) is 27.2 Å². The summed E-state index contributed by atoms with van der Waals surface area (Å²) in [5, 5.41) is 5.08. The number of piperidine rings is 1. The highest BCUT2D eigenvalue weighted by Crippen LogP contribution is 2.33. The van der Waals surface area contributed by atoms with Crippen molar-refractivity contribution in [1.82, 2.24) is 14.8 Å². The molecule has 13 heteroatoms. The van der Waals surface area contributed by atoms with E-state index in [0.29, 0.717) is 45.1 Å². The van der Waals surface area contributed by atoms with Gasteiger partial charge in [-0.2, -0.15) is 13.2 Å². The van der Waals surface area contributed by atoms with Crippen LogP contribution in [0.15, 0.2) is 96.2 Å². The van der Waals surface area contributed by atoms with E-state index in [1.54, 1.807) is 36.1 Å². The minimum absolute atomic E-state index is 0.100. The third kappa shape index (κ3) is 8.44. The molecule has 254 valence electrons. The van der Waals surface area contributed by atoms with E-state index < -0.39 is 35.3 Å². The van der Waals surface area contributed by atoms with Gasteiger partial charge in [-0.3, -0.25) is 4.79 Å². The fourth-order valence-electron chi connectivity index (χ4n) is 5.74. The topological polar surface area (TPSA) is 90.0 Å². The van der Waals surface area contributed by atoms with E-state index in [0.717, 1.165) is 25.3 Å². The molecule has 1 aromatic heterocycles. The van der Waals surface area contributed by atoms with Gasteiger partial charge in [-0.1, -0.05) is 42.5 Å². The van der Waals surface area contributed by atoms with Crippen molar-refractivity contribution in [3.05, 3.63) is 108 Å². The number of likely N-dealkylation sites (tertiary alicyclic amines) is 1. The number of allylic oxidation sites excluding steroid dienone is 2. The van der Waals surface area contributed by atoms with Gasteiger partial charge in [0.15, 0.2) is 5.88 Å². The zero-order chi connectivity index (χ0) is 34.3. The number of hydrogen-bond acceptors (Lipinski definition) is 6. The average Bonchev–Trinajstić information content (AvgIpc) is 3.10. The number of ether oxygens (including phenoxy) is 1. The fourth-order valence-corrected chi connectivity index (χ4v) is 5.74. The predicted molar refractivity (Wildman–Crippen MR) is 176 cm³/mol. The summed E-state index contributed by atoms with van der Waals surface area (Å²) in [7, 11) is 0. The third-order valence-electron chi connectivity index (χ3n) is 8.44. The molecule has 3 aromatic rings. The Kier molecular flexibility index (Phi) is 10.9. The lowest BCUT2D eigenvalue weighted by Gasteiger charge is -2.36. The Bertz CT molecular complexity index is 1640. The summed E-state index contributed by atoms with van der Waals surface area (Å²) < 4.78 is 61.5. The molecule has 3 amide bonds. The normalized spacial score (nSPS) is 17.8. The summed E-state index contributed by atoms with van der Waals surface area (Å²) in [6.45, 7) is 5.22. The number of piperazine rings is 1. The fraction of sp³-hybridized carbons (Fsp3) is 0.343. The van der Waals surface area contributed by atoms with E-state index in [1.807, 2.05) is 40.1 Å². The van der Waals surface area contributed by atoms with Crippen molar-refractivity contribution < 1.29 is 31.9 Å². The highest BCUT2D eigenvalue weighted by Gasteiger charge is 2.37. The number of benzene rings is 2. The monoisotopic (exact) mass is 666 g/mol. The lowest BCUT2D eigenvalue weighted by atomic mass is 9.91. The van der Waals surface area contributed by atoms with Crippen molar-refractivity contribution in [2.75, 3.05) is 54.8 Å². The number of anilines is 3. The van der Waals surface area contributed by atoms with Gasteiger partial charge in [-0.25, -0.2) is 14.2 Å². The Labute approximate surface area is 276 Å². The molecule has 2 aliphatic heterocycles. The molecule has 0 aliphatic carbocycles. The summed E-state index contributed by atoms with van der Waals surface area (Å²) >= 11 is 0. The second-order valence-corrected chi connectivity index (χ2v) is 11.6. The number of rotatable bonds is 8. The van der Waals surface area contributed by atoms with E-state index in [2.05, 4.69) is 15.6 Å². The van der Waals surface area contributed by atoms with Crippen LogP contribution in [0.2, 0.25) is 0 Å². The molecule has 2 aliphatic rings. The van der Waals surface area contributed by atoms with E-state index in [4.69, 9.17) is 4.74 Å². The Morgan fingerprint density at radius 2 is 1.62 bits per heavy atom. The molecule has 3 heterocycles. The van der Waals surface area contributed by atoms with Gasteiger partial charge >= 0.3 is 12.2 Å². The molecule has 0 bridgehead atoms. The molecular weight excluding hydrogens is 628 g/mol. The number of carbonyl (C=O) groups excluding carboxylic acids is 2. The number of nitrogens with one attached hydrogen (secondary N) is 2. The minimum Gasteiger partial charge on any atom is -0.435 e. The maximum absolute atomic E-state index is 13.9. The van der Waals surface area contributed by atoms with E-state index in [1.165, 1.54) is 24.4 Å². The second-order valence-electron chi connectivity index (χ2n) is 11.6. The molecular formula is C35H38F4N6O3. The smallest absolute Gasteiger partial charge is 0.416 e. The highest BCUT2D eigenvalue weighted by atomic mass is 19.4. The van der Waals surface area contributed by atoms with Gasteiger partial charge in [0, 0.05) is 45.2 Å². The Morgan fingerprint density at radius 3 is 2.27 bits per heavy atom. The summed E-state index contributed by atoms with van der Waals surface area (Å²) in [6.07, 6.45) is -0.111. The van der Waals surface area contributed by atoms with Crippen LogP contribution in [0.1, 0.15) is 38.2 Å². The molecule has 2 N–H and O–H groups in total. The predicted octanol–water partition coefficient (Wildman–Crippen LogP) is 7.11. The van der Waals surface area contributed by atoms with Crippen molar-refractivity contribution in [1.29, 1.82) is 0 Å². The molecule has 0 radical (unpaired) electrons. The van der Waals surface area contributed by atoms with Gasteiger partial charge in [0.05, 0.1) is 23.1 Å². The van der Waals surface area contributed by atoms with Crippen molar-refractivity contribution in [3.63, 3.8) is 0 Å². The number of halogens is 4. The van der Waals surface area contributed by atoms with Gasteiger partial charge in [0.1, 0.15) is 11.6 Å². The molecule has 1 atom stereocenters. The van der Waals surface area contributed by atoms with Gasteiger partial charge < -0.3 is 30.1 Å². The van der Waals surface area contributed by atoms with Gasteiger partial charge in [0.25, 0.3) is 5.91 Å². The average molecular weight is 667 g/mol. The number of alkyl halides is 3. The van der Waals surface area contributed by atoms with Crippen LogP contribution in [-0.4, -0.2) is 72.2 Å². The summed E-state index contributed by atoms with van der Waals surface area (Å²) in [5.41, 5.74) is 0.272. The standard InChI is InChI=1S/C35H38F4N6O3/c1-3-31(45-17-9-12-26(23-45)25-10-5-4-6-11-25)48-32(24(2)35(37,38)39)33(46)41-27-15-16-30(40-22-27)43-18-20-44(21-19-43)34(47)42-29-14-8-7-13-28(29)36/h3-8,10-11,13-16,22,26H,9,12,17-21,23H2,1-2H3,(H,41,46)(H,42,47). The van der Waals surface area contributed by atoms with Gasteiger partial charge in [0.2, 0.25) is 5.76 Å². The van der Waals surface area contributed by atoms with E-state index in [-0.39, 0.29) is 23.2 Å². The van der Waals surface area contributed by atoms with Crippen LogP contribution < -0.4 is 15.5 Å². The Morgan fingerprint density at radius 1 is 0.917 bits per heavy atom. The van der Waals surface area contributed by atoms with Crippen molar-refractivity contribution in [2.45, 2.75) is 38.8 Å². The molecule has 2 fully saturated rings. The van der Waals surface area contributed by atoms with Crippen LogP contribution in [-0.2, 0) is 9.53 Å². The third-order valence-corrected chi connectivity index (χ3v) is 8.44. The van der Waals surface area contributed by atoms with Crippen molar-refractivity contribution in [2.24, 2.45) is 0 Å². The number of nitrogens with zero attached hydrogens (tertiary/aromatic N) is 4. The van der Waals surface area contributed by atoms with Gasteiger partial charge in [-0.05, 0) is 62.6 Å². The molecule has 2 aromatic carbocycles. The lowest BCUT2D eigenvalue weighted by molar-refractivity contribution is -0.119. The number of urea groups is 1. The zero-order valence-corrected chi connectivity index (χ0v) is 26.8. The maximum Gasteiger partial charge on any atom is 0.416 e. The summed E-state index contributed by atoms with van der Waals surface area (Å²) in [6, 6.07) is 18.6. The number of hydrogen-bond donors (Lipinski definition) is 2. The van der Waals surface area contributed by atoms with Crippen LogP contribution in [0.4, 0.5) is 39.5 Å². The van der Waals surface area contributed by atoms with Crippen molar-refractivity contribution in [3.8, 4) is 0 Å².